The van der Waals surface area contributed by atoms with Crippen molar-refractivity contribution < 1.29 is 5.11 Å². The summed E-state index contributed by atoms with van der Waals surface area (Å²) in [6.45, 7) is 2.88. The molecule has 4 nitrogen and oxygen atoms in total. The molecule has 5 N–H and O–H groups in total. The van der Waals surface area contributed by atoms with Gasteiger partial charge in [0.1, 0.15) is 0 Å². The largest absolute Gasteiger partial charge is 0.392 e. The normalized spacial score (nSPS) is 10.5. The van der Waals surface area contributed by atoms with E-state index in [0.29, 0.717) is 5.02 Å². The lowest BCUT2D eigenvalue weighted by molar-refractivity contribution is 0.282. The lowest BCUT2D eigenvalue weighted by atomic mass is 10.1. The number of nitrogens with one attached hydrogen (secondary N) is 2. The highest BCUT2D eigenvalue weighted by molar-refractivity contribution is 6.30. The maximum atomic E-state index is 9.11. The summed E-state index contributed by atoms with van der Waals surface area (Å²) in [7, 11) is 0. The van der Waals surface area contributed by atoms with Gasteiger partial charge in [-0.1, -0.05) is 29.8 Å². The summed E-state index contributed by atoms with van der Waals surface area (Å²) < 4.78 is 0. The van der Waals surface area contributed by atoms with E-state index in [0.717, 1.165) is 41.0 Å². The Balaban J connectivity index is 1.98. The Labute approximate surface area is 129 Å². The van der Waals surface area contributed by atoms with E-state index in [4.69, 9.17) is 22.6 Å². The van der Waals surface area contributed by atoms with Crippen molar-refractivity contribution in [3.63, 3.8) is 0 Å². The molecule has 112 valence electrons. The van der Waals surface area contributed by atoms with Gasteiger partial charge >= 0.3 is 0 Å². The second-order valence-corrected chi connectivity index (χ2v) is 5.37. The molecule has 0 aromatic heterocycles. The van der Waals surface area contributed by atoms with Crippen LogP contribution in [-0.4, -0.2) is 11.7 Å². The predicted octanol–water partition coefficient (Wildman–Crippen LogP) is 3.08. The van der Waals surface area contributed by atoms with Crippen LogP contribution in [0.3, 0.4) is 0 Å². The molecule has 0 saturated carbocycles. The molecule has 5 heteroatoms. The van der Waals surface area contributed by atoms with Gasteiger partial charge in [0.05, 0.1) is 12.3 Å². The standard InChI is InChI=1S/C16H20ClN3O/c1-11-8-12(10-21)2-5-15(11)19-7-6-13-3-4-14(17)9-16(13)20-18/h2-5,8-9,19-21H,6-7,10,18H2,1H3. The van der Waals surface area contributed by atoms with Gasteiger partial charge in [0, 0.05) is 17.3 Å². The monoisotopic (exact) mass is 305 g/mol. The molecule has 2 rings (SSSR count). The summed E-state index contributed by atoms with van der Waals surface area (Å²) in [5.41, 5.74) is 7.74. The zero-order valence-corrected chi connectivity index (χ0v) is 12.7. The quantitative estimate of drug-likeness (QED) is 0.489. The number of anilines is 2. The highest BCUT2D eigenvalue weighted by atomic mass is 35.5. The lowest BCUT2D eigenvalue weighted by Gasteiger charge is -2.13. The number of aliphatic hydroxyl groups is 1. The molecule has 0 heterocycles. The minimum absolute atomic E-state index is 0.0669. The molecule has 0 bridgehead atoms. The van der Waals surface area contributed by atoms with Crippen molar-refractivity contribution in [3.05, 3.63) is 58.1 Å². The number of nitrogens with two attached hydrogens (primary N) is 1. The van der Waals surface area contributed by atoms with Gasteiger partial charge in [-0.05, 0) is 48.2 Å². The van der Waals surface area contributed by atoms with Crippen LogP contribution in [0.2, 0.25) is 5.02 Å². The third-order valence-electron chi connectivity index (χ3n) is 3.41. The van der Waals surface area contributed by atoms with E-state index in [1.54, 1.807) is 0 Å². The molecule has 21 heavy (non-hydrogen) atoms. The van der Waals surface area contributed by atoms with Crippen molar-refractivity contribution in [3.8, 4) is 0 Å². The average Bonchev–Trinajstić information content (AvgIpc) is 2.50. The minimum atomic E-state index is 0.0669. The number of nitrogen functional groups attached to an aromatic ring is 1. The first-order chi connectivity index (χ1) is 10.1. The van der Waals surface area contributed by atoms with E-state index in [1.807, 2.05) is 43.3 Å². The number of hydrogen-bond donors (Lipinski definition) is 4. The van der Waals surface area contributed by atoms with Gasteiger partial charge in [-0.3, -0.25) is 5.84 Å². The van der Waals surface area contributed by atoms with Crippen LogP contribution in [0.4, 0.5) is 11.4 Å². The van der Waals surface area contributed by atoms with E-state index < -0.39 is 0 Å². The Morgan fingerprint density at radius 3 is 2.62 bits per heavy atom. The Morgan fingerprint density at radius 1 is 1.14 bits per heavy atom. The third-order valence-corrected chi connectivity index (χ3v) is 3.65. The van der Waals surface area contributed by atoms with E-state index in [1.165, 1.54) is 0 Å². The SMILES string of the molecule is Cc1cc(CO)ccc1NCCc1ccc(Cl)cc1NN. The topological polar surface area (TPSA) is 70.3 Å². The van der Waals surface area contributed by atoms with Gasteiger partial charge in [-0.25, -0.2) is 0 Å². The second-order valence-electron chi connectivity index (χ2n) is 4.93. The van der Waals surface area contributed by atoms with Gasteiger partial charge in [-0.15, -0.1) is 0 Å². The Morgan fingerprint density at radius 2 is 1.95 bits per heavy atom. The van der Waals surface area contributed by atoms with Gasteiger partial charge < -0.3 is 15.8 Å². The maximum absolute atomic E-state index is 9.11. The summed E-state index contributed by atoms with van der Waals surface area (Å²) in [6.07, 6.45) is 0.831. The molecule has 0 saturated heterocycles. The van der Waals surface area contributed by atoms with Crippen molar-refractivity contribution in [1.82, 2.24) is 0 Å². The van der Waals surface area contributed by atoms with Crippen LogP contribution < -0.4 is 16.6 Å². The molecular formula is C16H20ClN3O. The number of hydrogen-bond acceptors (Lipinski definition) is 4. The van der Waals surface area contributed by atoms with Crippen molar-refractivity contribution >= 4 is 23.0 Å². The van der Waals surface area contributed by atoms with Crippen LogP contribution in [0, 0.1) is 6.92 Å². The zero-order chi connectivity index (χ0) is 15.2. The fourth-order valence-corrected chi connectivity index (χ4v) is 2.43. The van der Waals surface area contributed by atoms with Crippen LogP contribution in [0.25, 0.3) is 0 Å². The number of hydrazine groups is 1. The summed E-state index contributed by atoms with van der Waals surface area (Å²) in [5, 5.41) is 13.2. The van der Waals surface area contributed by atoms with Crippen molar-refractivity contribution in [2.45, 2.75) is 20.0 Å². The number of rotatable bonds is 6. The molecular weight excluding hydrogens is 286 g/mol. The van der Waals surface area contributed by atoms with Gasteiger partial charge in [0.2, 0.25) is 0 Å². The van der Waals surface area contributed by atoms with E-state index >= 15 is 0 Å². The smallest absolute Gasteiger partial charge is 0.0681 e. The molecule has 2 aromatic rings. The number of aryl methyl sites for hydroxylation is 1. The molecule has 0 aliphatic carbocycles. The fourth-order valence-electron chi connectivity index (χ4n) is 2.26. The third kappa shape index (κ3) is 4.11. The zero-order valence-electron chi connectivity index (χ0n) is 12.0. The highest BCUT2D eigenvalue weighted by Gasteiger charge is 2.03. The molecule has 0 fully saturated rings. The van der Waals surface area contributed by atoms with Crippen LogP contribution in [0.1, 0.15) is 16.7 Å². The van der Waals surface area contributed by atoms with E-state index in [9.17, 15) is 0 Å². The Hall–Kier alpha value is -1.75. The van der Waals surface area contributed by atoms with Crippen molar-refractivity contribution in [2.24, 2.45) is 5.84 Å². The van der Waals surface area contributed by atoms with Crippen LogP contribution in [-0.2, 0) is 13.0 Å². The first-order valence-corrected chi connectivity index (χ1v) is 7.21. The lowest BCUT2D eigenvalue weighted by Crippen LogP contribution is -2.12. The molecule has 0 radical (unpaired) electrons. The summed E-state index contributed by atoms with van der Waals surface area (Å²) >= 11 is 5.94. The Kier molecular flexibility index (Phi) is 5.44. The molecule has 0 amide bonds. The van der Waals surface area contributed by atoms with Crippen LogP contribution >= 0.6 is 11.6 Å². The van der Waals surface area contributed by atoms with Crippen LogP contribution in [0.5, 0.6) is 0 Å². The molecule has 0 atom stereocenters. The summed E-state index contributed by atoms with van der Waals surface area (Å²) in [5.74, 6) is 5.51. The number of aliphatic hydroxyl groups excluding tert-OH is 1. The molecule has 0 aliphatic rings. The van der Waals surface area contributed by atoms with Crippen molar-refractivity contribution in [2.75, 3.05) is 17.3 Å². The first-order valence-electron chi connectivity index (χ1n) is 6.83. The Bertz CT molecular complexity index is 616. The first kappa shape index (κ1) is 15.6. The number of halogens is 1. The second kappa shape index (κ2) is 7.31. The molecule has 2 aromatic carbocycles. The van der Waals surface area contributed by atoms with Crippen LogP contribution in [0.15, 0.2) is 36.4 Å². The van der Waals surface area contributed by atoms with Crippen molar-refractivity contribution in [1.29, 1.82) is 0 Å². The minimum Gasteiger partial charge on any atom is -0.392 e. The molecule has 0 unspecified atom stereocenters. The van der Waals surface area contributed by atoms with E-state index in [2.05, 4.69) is 10.7 Å². The molecule has 0 aliphatic heterocycles. The average molecular weight is 306 g/mol. The fraction of sp³-hybridized carbons (Fsp3) is 0.250. The summed E-state index contributed by atoms with van der Waals surface area (Å²) in [4.78, 5) is 0. The maximum Gasteiger partial charge on any atom is 0.0681 e. The van der Waals surface area contributed by atoms with Gasteiger partial charge in [0.25, 0.3) is 0 Å². The van der Waals surface area contributed by atoms with Gasteiger partial charge in [0.15, 0.2) is 0 Å². The highest BCUT2D eigenvalue weighted by Crippen LogP contribution is 2.21. The molecule has 0 spiro atoms. The number of benzene rings is 2. The predicted molar refractivity (Wildman–Crippen MR) is 88.6 cm³/mol. The summed E-state index contributed by atoms with van der Waals surface area (Å²) in [6, 6.07) is 11.5. The van der Waals surface area contributed by atoms with E-state index in [-0.39, 0.29) is 6.61 Å². The van der Waals surface area contributed by atoms with Gasteiger partial charge in [-0.2, -0.15) is 0 Å².